The number of carbonyl (C=O) groups is 1. The quantitative estimate of drug-likeness (QED) is 0.204. The molecule has 6 heteroatoms. The van der Waals surface area contributed by atoms with Crippen LogP contribution >= 0.6 is 0 Å². The van der Waals surface area contributed by atoms with Crippen LogP contribution in [-0.2, 0) is 19.7 Å². The second kappa shape index (κ2) is 11.5. The average molecular weight is 637 g/mol. The van der Waals surface area contributed by atoms with E-state index in [0.29, 0.717) is 11.8 Å². The zero-order chi connectivity index (χ0) is 33.6. The van der Waals surface area contributed by atoms with Gasteiger partial charge in [0.2, 0.25) is 0 Å². The van der Waals surface area contributed by atoms with Gasteiger partial charge in [0.15, 0.2) is 17.8 Å². The van der Waals surface area contributed by atoms with E-state index in [4.69, 9.17) is 9.47 Å². The lowest BCUT2D eigenvalue weighted by Crippen LogP contribution is -2.55. The number of rotatable bonds is 7. The first kappa shape index (κ1) is 33.8. The molecule has 4 aliphatic carbocycles. The van der Waals surface area contributed by atoms with Gasteiger partial charge in [0.05, 0.1) is 11.5 Å². The number of aromatic hydroxyl groups is 2. The predicted molar refractivity (Wildman–Crippen MR) is 181 cm³/mol. The van der Waals surface area contributed by atoms with Crippen molar-refractivity contribution in [1.29, 1.82) is 0 Å². The van der Waals surface area contributed by atoms with Crippen molar-refractivity contribution >= 4 is 5.97 Å². The molecule has 0 aromatic heterocycles. The van der Waals surface area contributed by atoms with Crippen LogP contribution in [0, 0.1) is 39.9 Å². The first-order valence-electron chi connectivity index (χ1n) is 18.3. The molecule has 256 valence electrons. The Labute approximate surface area is 277 Å². The second-order valence-electron chi connectivity index (χ2n) is 17.9. The summed E-state index contributed by atoms with van der Waals surface area (Å²) in [5, 5.41) is 33.0. The van der Waals surface area contributed by atoms with Crippen molar-refractivity contribution < 1.29 is 29.6 Å². The van der Waals surface area contributed by atoms with E-state index in [2.05, 4.69) is 47.3 Å². The Bertz CT molecular complexity index is 1380. The molecule has 1 aromatic rings. The Kier molecular flexibility index (Phi) is 8.48. The van der Waals surface area contributed by atoms with Crippen LogP contribution < -0.4 is 0 Å². The first-order valence-corrected chi connectivity index (χ1v) is 18.3. The van der Waals surface area contributed by atoms with Crippen LogP contribution in [0.25, 0.3) is 0 Å². The van der Waals surface area contributed by atoms with Gasteiger partial charge in [-0.2, -0.15) is 0 Å². The zero-order valence-corrected chi connectivity index (χ0v) is 29.7. The Morgan fingerprint density at radius 3 is 2.37 bits per heavy atom. The van der Waals surface area contributed by atoms with E-state index in [1.807, 2.05) is 20.8 Å². The van der Waals surface area contributed by atoms with Crippen molar-refractivity contribution in [2.24, 2.45) is 39.9 Å². The van der Waals surface area contributed by atoms with Crippen LogP contribution in [0.2, 0.25) is 0 Å². The molecule has 46 heavy (non-hydrogen) atoms. The zero-order valence-electron chi connectivity index (χ0n) is 29.7. The molecule has 1 heterocycles. The summed E-state index contributed by atoms with van der Waals surface area (Å²) in [5.74, 6) is 0.508. The van der Waals surface area contributed by atoms with Crippen LogP contribution in [0.15, 0.2) is 18.2 Å². The summed E-state index contributed by atoms with van der Waals surface area (Å²) >= 11 is 0. The number of fused-ring (bicyclic) bond motifs is 7. The summed E-state index contributed by atoms with van der Waals surface area (Å²) in [5.41, 5.74) is 2.91. The summed E-state index contributed by atoms with van der Waals surface area (Å²) in [6, 6.07) is 2.09. The van der Waals surface area contributed by atoms with Gasteiger partial charge in [0, 0.05) is 28.9 Å². The van der Waals surface area contributed by atoms with E-state index in [9.17, 15) is 20.1 Å². The van der Waals surface area contributed by atoms with Gasteiger partial charge in [-0.15, -0.1) is 0 Å². The summed E-state index contributed by atoms with van der Waals surface area (Å²) in [4.78, 5) is 12.5. The van der Waals surface area contributed by atoms with Gasteiger partial charge in [-0.1, -0.05) is 73.5 Å². The van der Waals surface area contributed by atoms with Gasteiger partial charge in [-0.05, 0) is 104 Å². The Morgan fingerprint density at radius 1 is 1.00 bits per heavy atom. The second-order valence-corrected chi connectivity index (χ2v) is 17.9. The number of benzene rings is 1. The molecule has 3 saturated carbocycles. The minimum absolute atomic E-state index is 0.00593. The SMILES string of the molecule is C=C1CCC2[C@](C)(CCC[C@]2(C)C(=O)O)[C@H]1CC[C@H](C)C[C@H]1O[C@H]2[C@@H](O1)c1cc(C(C)C)c(O)c(O)c1[C@@]1(C)CCCC(C)(C)[C@H]21. The molecule has 3 N–H and O–H groups in total. The highest BCUT2D eigenvalue weighted by Gasteiger charge is 2.62. The number of ether oxygens (including phenoxy) is 2. The molecule has 0 radical (unpaired) electrons. The van der Waals surface area contributed by atoms with E-state index >= 15 is 0 Å². The lowest BCUT2D eigenvalue weighted by Gasteiger charge is -2.57. The molecular formula is C40H60O6. The Morgan fingerprint density at radius 2 is 1.70 bits per heavy atom. The van der Waals surface area contributed by atoms with Gasteiger partial charge in [0.1, 0.15) is 6.10 Å². The maximum Gasteiger partial charge on any atom is 0.309 e. The topological polar surface area (TPSA) is 96.2 Å². The number of phenolic OH excluding ortho intramolecular Hbond substituents is 2. The number of allylic oxidation sites excluding steroid dienone is 1. The molecule has 6 rings (SSSR count). The summed E-state index contributed by atoms with van der Waals surface area (Å²) < 4.78 is 13.8. The third-order valence-electron chi connectivity index (χ3n) is 14.2. The van der Waals surface area contributed by atoms with Crippen LogP contribution in [0.3, 0.4) is 0 Å². The van der Waals surface area contributed by atoms with Crippen molar-refractivity contribution in [3.63, 3.8) is 0 Å². The largest absolute Gasteiger partial charge is 0.504 e. The lowest BCUT2D eigenvalue weighted by atomic mass is 9.46. The number of hydrogen-bond donors (Lipinski definition) is 3. The molecule has 5 aliphatic rings. The molecule has 4 fully saturated rings. The molecule has 1 aliphatic heterocycles. The molecule has 10 atom stereocenters. The fourth-order valence-corrected chi connectivity index (χ4v) is 11.9. The Balaban J connectivity index is 1.23. The van der Waals surface area contributed by atoms with Crippen molar-refractivity contribution in [2.75, 3.05) is 0 Å². The highest BCUT2D eigenvalue weighted by molar-refractivity contribution is 5.75. The van der Waals surface area contributed by atoms with Crippen LogP contribution in [-0.4, -0.2) is 33.7 Å². The number of phenols is 2. The standard InChI is InChI=1S/C40H60O6/c1-22(2)25-21-26-30(32(42)31(25)41)40(9)19-10-16-37(5,6)35(40)34-33(26)45-29(46-34)20-23(3)12-14-27-24(4)13-15-28-38(27,7)17-11-18-39(28,8)36(43)44/h21-23,27-29,33-35,41-42H,4,10-20H2,1-3,5-9H3,(H,43,44)/t23-,27-,28?,29+,33-,34-,35-,38+,39-,40+/m0/s1. The monoisotopic (exact) mass is 636 g/mol. The molecule has 0 bridgehead atoms. The van der Waals surface area contributed by atoms with E-state index in [-0.39, 0.29) is 64.0 Å². The van der Waals surface area contributed by atoms with E-state index in [0.717, 1.165) is 87.3 Å². The third-order valence-corrected chi connectivity index (χ3v) is 14.2. The van der Waals surface area contributed by atoms with Crippen molar-refractivity contribution in [3.8, 4) is 11.5 Å². The highest BCUT2D eigenvalue weighted by atomic mass is 16.7. The minimum atomic E-state index is -0.655. The van der Waals surface area contributed by atoms with Gasteiger partial charge in [-0.3, -0.25) is 4.79 Å². The normalized spacial score (nSPS) is 40.5. The van der Waals surface area contributed by atoms with Crippen LogP contribution in [0.4, 0.5) is 0 Å². The molecule has 6 nitrogen and oxygen atoms in total. The Hall–Kier alpha value is -2.05. The van der Waals surface area contributed by atoms with E-state index in [1.165, 1.54) is 5.57 Å². The molecule has 1 aromatic carbocycles. The van der Waals surface area contributed by atoms with Crippen molar-refractivity contribution in [3.05, 3.63) is 34.9 Å². The summed E-state index contributed by atoms with van der Waals surface area (Å²) in [6.07, 6.45) is 9.89. The fourth-order valence-electron chi connectivity index (χ4n) is 11.9. The number of carboxylic acids is 1. The van der Waals surface area contributed by atoms with E-state index in [1.54, 1.807) is 0 Å². The summed E-state index contributed by atoms with van der Waals surface area (Å²) in [7, 11) is 0. The highest BCUT2D eigenvalue weighted by Crippen LogP contribution is 2.66. The molecule has 0 amide bonds. The van der Waals surface area contributed by atoms with E-state index < -0.39 is 11.4 Å². The smallest absolute Gasteiger partial charge is 0.309 e. The number of carboxylic acid groups (broad SMARTS) is 1. The maximum atomic E-state index is 12.5. The summed E-state index contributed by atoms with van der Waals surface area (Å²) in [6.45, 7) is 22.2. The van der Waals surface area contributed by atoms with Gasteiger partial charge in [0.25, 0.3) is 0 Å². The number of hydrogen-bond acceptors (Lipinski definition) is 5. The van der Waals surface area contributed by atoms with Gasteiger partial charge >= 0.3 is 5.97 Å². The third kappa shape index (κ3) is 5.06. The van der Waals surface area contributed by atoms with Crippen molar-refractivity contribution in [2.45, 2.75) is 156 Å². The first-order chi connectivity index (χ1) is 21.5. The number of aliphatic carboxylic acids is 1. The molecule has 1 saturated heterocycles. The average Bonchev–Trinajstić information content (AvgIpc) is 3.35. The molecule has 1 unspecified atom stereocenters. The van der Waals surface area contributed by atoms with Gasteiger partial charge < -0.3 is 24.8 Å². The lowest BCUT2D eigenvalue weighted by molar-refractivity contribution is -0.164. The molecule has 0 spiro atoms. The fraction of sp³-hybridized carbons (Fsp3) is 0.775. The van der Waals surface area contributed by atoms with Crippen LogP contribution in [0.1, 0.15) is 155 Å². The predicted octanol–water partition coefficient (Wildman–Crippen LogP) is 9.77. The maximum absolute atomic E-state index is 12.5. The minimum Gasteiger partial charge on any atom is -0.504 e. The van der Waals surface area contributed by atoms with Gasteiger partial charge in [-0.25, -0.2) is 0 Å². The van der Waals surface area contributed by atoms with Crippen molar-refractivity contribution in [1.82, 2.24) is 0 Å². The van der Waals surface area contributed by atoms with Crippen LogP contribution in [0.5, 0.6) is 11.5 Å². The molecular weight excluding hydrogens is 576 g/mol.